The highest BCUT2D eigenvalue weighted by atomic mass is 16.5. The van der Waals surface area contributed by atoms with Crippen molar-refractivity contribution < 1.29 is 14.3 Å². The van der Waals surface area contributed by atoms with E-state index in [2.05, 4.69) is 21.2 Å². The van der Waals surface area contributed by atoms with Gasteiger partial charge < -0.3 is 10.1 Å². The molecule has 7 heteroatoms. The van der Waals surface area contributed by atoms with E-state index in [0.717, 1.165) is 12.8 Å². The van der Waals surface area contributed by atoms with E-state index in [1.165, 1.54) is 0 Å². The zero-order valence-corrected chi connectivity index (χ0v) is 13.2. The number of methoxy groups -OCH3 is 1. The van der Waals surface area contributed by atoms with Crippen LogP contribution in [0, 0.1) is 5.92 Å². The quantitative estimate of drug-likeness (QED) is 0.731. The number of rotatable bonds is 5. The van der Waals surface area contributed by atoms with Crippen LogP contribution in [0.1, 0.15) is 23.2 Å². The number of nitrogens with one attached hydrogen (secondary N) is 3. The number of benzene rings is 1. The SMILES string of the molecule is COc1ccccc1Nc1ncccc1C(=O)NNC(=O)C1CC1. The number of ether oxygens (including phenoxy) is 1. The summed E-state index contributed by atoms with van der Waals surface area (Å²) >= 11 is 0. The summed E-state index contributed by atoms with van der Waals surface area (Å²) in [6.45, 7) is 0. The van der Waals surface area contributed by atoms with Gasteiger partial charge in [0.05, 0.1) is 18.4 Å². The van der Waals surface area contributed by atoms with Crippen molar-refractivity contribution in [2.45, 2.75) is 12.8 Å². The maximum Gasteiger partial charge on any atom is 0.273 e. The molecule has 2 amide bonds. The summed E-state index contributed by atoms with van der Waals surface area (Å²) in [5.74, 6) is 0.433. The number of anilines is 2. The Balaban J connectivity index is 1.74. The van der Waals surface area contributed by atoms with Crippen molar-refractivity contribution in [1.82, 2.24) is 15.8 Å². The minimum absolute atomic E-state index is 0.0189. The Morgan fingerprint density at radius 2 is 1.92 bits per heavy atom. The number of carbonyl (C=O) groups is 2. The zero-order valence-electron chi connectivity index (χ0n) is 13.2. The molecule has 2 aromatic rings. The summed E-state index contributed by atoms with van der Waals surface area (Å²) in [6.07, 6.45) is 3.32. The monoisotopic (exact) mass is 326 g/mol. The van der Waals surface area contributed by atoms with Crippen LogP contribution >= 0.6 is 0 Å². The lowest BCUT2D eigenvalue weighted by Crippen LogP contribution is -2.42. The molecule has 1 aromatic carbocycles. The molecule has 0 aliphatic heterocycles. The summed E-state index contributed by atoms with van der Waals surface area (Å²) in [6, 6.07) is 10.6. The van der Waals surface area contributed by atoms with Gasteiger partial charge >= 0.3 is 0 Å². The van der Waals surface area contributed by atoms with Gasteiger partial charge in [-0.25, -0.2) is 4.98 Å². The fraction of sp³-hybridized carbons (Fsp3) is 0.235. The van der Waals surface area contributed by atoms with Gasteiger partial charge in [0.2, 0.25) is 5.91 Å². The van der Waals surface area contributed by atoms with E-state index in [1.54, 1.807) is 31.5 Å². The van der Waals surface area contributed by atoms with Gasteiger partial charge in [-0.15, -0.1) is 0 Å². The van der Waals surface area contributed by atoms with E-state index in [-0.39, 0.29) is 11.8 Å². The Morgan fingerprint density at radius 1 is 1.12 bits per heavy atom. The first kappa shape index (κ1) is 15.8. The van der Waals surface area contributed by atoms with E-state index in [0.29, 0.717) is 22.8 Å². The van der Waals surface area contributed by atoms with E-state index < -0.39 is 5.91 Å². The lowest BCUT2D eigenvalue weighted by molar-refractivity contribution is -0.123. The Labute approximate surface area is 139 Å². The minimum Gasteiger partial charge on any atom is -0.495 e. The molecule has 0 bridgehead atoms. The van der Waals surface area contributed by atoms with E-state index >= 15 is 0 Å². The molecule has 3 rings (SSSR count). The minimum atomic E-state index is -0.436. The predicted octanol–water partition coefficient (Wildman–Crippen LogP) is 2.00. The Bertz CT molecular complexity index is 759. The molecule has 7 nitrogen and oxygen atoms in total. The van der Waals surface area contributed by atoms with Crippen molar-refractivity contribution in [3.8, 4) is 5.75 Å². The number of hydrogen-bond donors (Lipinski definition) is 3. The zero-order chi connectivity index (χ0) is 16.9. The third-order valence-electron chi connectivity index (χ3n) is 3.66. The standard InChI is InChI=1S/C17H18N4O3/c1-24-14-7-3-2-6-13(14)19-15-12(5-4-10-18-15)17(23)21-20-16(22)11-8-9-11/h2-7,10-11H,8-9H2,1H3,(H,18,19)(H,20,22)(H,21,23). The van der Waals surface area contributed by atoms with Crippen molar-refractivity contribution in [1.29, 1.82) is 0 Å². The topological polar surface area (TPSA) is 92.3 Å². The van der Waals surface area contributed by atoms with Gasteiger partial charge in [-0.05, 0) is 37.1 Å². The summed E-state index contributed by atoms with van der Waals surface area (Å²) < 4.78 is 5.28. The molecule has 24 heavy (non-hydrogen) atoms. The fourth-order valence-electron chi connectivity index (χ4n) is 2.20. The average Bonchev–Trinajstić information content (AvgIpc) is 3.45. The number of hydrazine groups is 1. The van der Waals surface area contributed by atoms with Gasteiger partial charge in [-0.1, -0.05) is 12.1 Å². The number of para-hydroxylation sites is 2. The third-order valence-corrected chi connectivity index (χ3v) is 3.66. The van der Waals surface area contributed by atoms with Crippen LogP contribution in [0.5, 0.6) is 5.75 Å². The number of aromatic nitrogens is 1. The normalized spacial score (nSPS) is 13.0. The molecule has 0 atom stereocenters. The summed E-state index contributed by atoms with van der Waals surface area (Å²) in [5.41, 5.74) is 5.87. The highest BCUT2D eigenvalue weighted by Gasteiger charge is 2.30. The van der Waals surface area contributed by atoms with Crippen LogP contribution in [0.2, 0.25) is 0 Å². The van der Waals surface area contributed by atoms with Crippen molar-refractivity contribution in [2.24, 2.45) is 5.92 Å². The maximum atomic E-state index is 12.3. The Kier molecular flexibility index (Phi) is 4.60. The molecule has 0 unspecified atom stereocenters. The van der Waals surface area contributed by atoms with Crippen molar-refractivity contribution in [3.63, 3.8) is 0 Å². The van der Waals surface area contributed by atoms with Crippen molar-refractivity contribution in [2.75, 3.05) is 12.4 Å². The second-order valence-electron chi connectivity index (χ2n) is 5.44. The van der Waals surface area contributed by atoms with Gasteiger partial charge in [-0.2, -0.15) is 0 Å². The van der Waals surface area contributed by atoms with Crippen LogP contribution in [0.4, 0.5) is 11.5 Å². The smallest absolute Gasteiger partial charge is 0.273 e. The van der Waals surface area contributed by atoms with Gasteiger partial charge in [0, 0.05) is 12.1 Å². The second-order valence-corrected chi connectivity index (χ2v) is 5.44. The van der Waals surface area contributed by atoms with Gasteiger partial charge in [-0.3, -0.25) is 20.4 Å². The first-order chi connectivity index (χ1) is 11.7. The number of hydrogen-bond acceptors (Lipinski definition) is 5. The largest absolute Gasteiger partial charge is 0.495 e. The van der Waals surface area contributed by atoms with Crippen molar-refractivity contribution in [3.05, 3.63) is 48.2 Å². The molecule has 1 aromatic heterocycles. The van der Waals surface area contributed by atoms with Crippen LogP contribution in [0.25, 0.3) is 0 Å². The lowest BCUT2D eigenvalue weighted by atomic mass is 10.2. The third kappa shape index (κ3) is 3.62. The van der Waals surface area contributed by atoms with Crippen LogP contribution in [0.3, 0.4) is 0 Å². The summed E-state index contributed by atoms with van der Waals surface area (Å²) in [5, 5.41) is 3.09. The van der Waals surface area contributed by atoms with Gasteiger partial charge in [0.1, 0.15) is 11.6 Å². The molecular formula is C17H18N4O3. The molecule has 0 spiro atoms. The molecule has 1 saturated carbocycles. The number of pyridine rings is 1. The molecule has 124 valence electrons. The Hall–Kier alpha value is -3.09. The first-order valence-corrected chi connectivity index (χ1v) is 7.64. The van der Waals surface area contributed by atoms with E-state index in [9.17, 15) is 9.59 Å². The molecule has 1 aliphatic rings. The van der Waals surface area contributed by atoms with Crippen LogP contribution in [0.15, 0.2) is 42.6 Å². The summed E-state index contributed by atoms with van der Waals surface area (Å²) in [4.78, 5) is 28.2. The van der Waals surface area contributed by atoms with Crippen LogP contribution < -0.4 is 20.9 Å². The van der Waals surface area contributed by atoms with Crippen molar-refractivity contribution >= 4 is 23.3 Å². The molecule has 3 N–H and O–H groups in total. The van der Waals surface area contributed by atoms with Gasteiger partial charge in [0.25, 0.3) is 5.91 Å². The second kappa shape index (κ2) is 6.99. The molecule has 1 fully saturated rings. The molecule has 0 radical (unpaired) electrons. The maximum absolute atomic E-state index is 12.3. The number of carbonyl (C=O) groups excluding carboxylic acids is 2. The highest BCUT2D eigenvalue weighted by Crippen LogP contribution is 2.29. The Morgan fingerprint density at radius 3 is 2.67 bits per heavy atom. The summed E-state index contributed by atoms with van der Waals surface area (Å²) in [7, 11) is 1.57. The molecular weight excluding hydrogens is 308 g/mol. The fourth-order valence-corrected chi connectivity index (χ4v) is 2.20. The van der Waals surface area contributed by atoms with Crippen LogP contribution in [-0.2, 0) is 4.79 Å². The van der Waals surface area contributed by atoms with E-state index in [4.69, 9.17) is 4.74 Å². The number of amides is 2. The predicted molar refractivity (Wildman–Crippen MR) is 88.8 cm³/mol. The highest BCUT2D eigenvalue weighted by molar-refractivity contribution is 6.00. The molecule has 1 heterocycles. The molecule has 0 saturated heterocycles. The average molecular weight is 326 g/mol. The van der Waals surface area contributed by atoms with Crippen LogP contribution in [-0.4, -0.2) is 23.9 Å². The lowest BCUT2D eigenvalue weighted by Gasteiger charge is -2.13. The first-order valence-electron chi connectivity index (χ1n) is 7.64. The van der Waals surface area contributed by atoms with E-state index in [1.807, 2.05) is 18.2 Å². The van der Waals surface area contributed by atoms with Gasteiger partial charge in [0.15, 0.2) is 0 Å². The molecule has 1 aliphatic carbocycles. The number of nitrogens with zero attached hydrogens (tertiary/aromatic N) is 1.